The zero-order valence-electron chi connectivity index (χ0n) is 20.6. The standard InChI is InChI=1S/C30H25N7O/c38-30(18-4-1-2-5-18)34-22-12-21(16-32-17-22)19-7-8-26-25(13-19)28(37-36-26)27-14-24-23(9-11-33-29(24)35-27)20-6-3-10-31-15-20/h3,6-18H,1-2,4-5H2,(H,33,35)(H,34,38)(H,36,37). The summed E-state index contributed by atoms with van der Waals surface area (Å²) >= 11 is 0. The topological polar surface area (TPSA) is 112 Å². The molecular formula is C30H25N7O. The van der Waals surface area contributed by atoms with E-state index in [2.05, 4.69) is 47.6 Å². The van der Waals surface area contributed by atoms with Crippen LogP contribution in [-0.2, 0) is 4.79 Å². The Balaban J connectivity index is 1.25. The lowest BCUT2D eigenvalue weighted by atomic mass is 10.0. The van der Waals surface area contributed by atoms with Crippen LogP contribution in [0.15, 0.2) is 79.5 Å². The van der Waals surface area contributed by atoms with Crippen molar-refractivity contribution in [2.24, 2.45) is 5.92 Å². The molecule has 3 N–H and O–H groups in total. The fourth-order valence-corrected chi connectivity index (χ4v) is 5.43. The molecule has 5 heterocycles. The van der Waals surface area contributed by atoms with Gasteiger partial charge in [-0.2, -0.15) is 5.10 Å². The van der Waals surface area contributed by atoms with Gasteiger partial charge in [-0.05, 0) is 60.4 Å². The highest BCUT2D eigenvalue weighted by Gasteiger charge is 2.23. The average molecular weight is 500 g/mol. The van der Waals surface area contributed by atoms with Gasteiger partial charge in [0.25, 0.3) is 0 Å². The Morgan fingerprint density at radius 3 is 2.63 bits per heavy atom. The van der Waals surface area contributed by atoms with Gasteiger partial charge in [-0.1, -0.05) is 25.0 Å². The molecule has 0 bridgehead atoms. The van der Waals surface area contributed by atoms with Crippen molar-refractivity contribution in [3.63, 3.8) is 0 Å². The molecule has 38 heavy (non-hydrogen) atoms. The van der Waals surface area contributed by atoms with Gasteiger partial charge < -0.3 is 10.3 Å². The molecule has 8 nitrogen and oxygen atoms in total. The summed E-state index contributed by atoms with van der Waals surface area (Å²) in [5.41, 5.74) is 8.16. The van der Waals surface area contributed by atoms with Crippen molar-refractivity contribution >= 4 is 33.5 Å². The smallest absolute Gasteiger partial charge is 0.227 e. The number of rotatable bonds is 5. The van der Waals surface area contributed by atoms with E-state index in [9.17, 15) is 4.79 Å². The lowest BCUT2D eigenvalue weighted by Gasteiger charge is -2.11. The van der Waals surface area contributed by atoms with Crippen LogP contribution in [-0.4, -0.2) is 36.0 Å². The molecule has 186 valence electrons. The summed E-state index contributed by atoms with van der Waals surface area (Å²) in [6, 6.07) is 16.2. The number of hydrogen-bond donors (Lipinski definition) is 3. The number of nitrogens with zero attached hydrogens (tertiary/aromatic N) is 4. The summed E-state index contributed by atoms with van der Waals surface area (Å²) in [4.78, 5) is 29.3. The van der Waals surface area contributed by atoms with Gasteiger partial charge in [0.1, 0.15) is 11.3 Å². The summed E-state index contributed by atoms with van der Waals surface area (Å²) < 4.78 is 0. The number of aromatic nitrogens is 6. The van der Waals surface area contributed by atoms with Gasteiger partial charge in [0, 0.05) is 52.6 Å². The number of pyridine rings is 3. The number of amides is 1. The first-order valence-electron chi connectivity index (χ1n) is 12.9. The van der Waals surface area contributed by atoms with E-state index < -0.39 is 0 Å². The minimum Gasteiger partial charge on any atom is -0.338 e. The second-order valence-corrected chi connectivity index (χ2v) is 9.81. The molecule has 0 radical (unpaired) electrons. The lowest BCUT2D eigenvalue weighted by Crippen LogP contribution is -2.20. The van der Waals surface area contributed by atoms with Crippen LogP contribution in [0.2, 0.25) is 0 Å². The zero-order chi connectivity index (χ0) is 25.5. The van der Waals surface area contributed by atoms with E-state index in [-0.39, 0.29) is 11.8 Å². The summed E-state index contributed by atoms with van der Waals surface area (Å²) in [6.45, 7) is 0. The molecule has 0 spiro atoms. The maximum atomic E-state index is 12.6. The minimum absolute atomic E-state index is 0.0899. The highest BCUT2D eigenvalue weighted by atomic mass is 16.1. The van der Waals surface area contributed by atoms with E-state index >= 15 is 0 Å². The molecule has 0 saturated heterocycles. The number of aromatic amines is 2. The highest BCUT2D eigenvalue weighted by Crippen LogP contribution is 2.35. The van der Waals surface area contributed by atoms with Gasteiger partial charge in [-0.25, -0.2) is 4.98 Å². The number of hydrogen-bond acceptors (Lipinski definition) is 5. The van der Waals surface area contributed by atoms with Crippen LogP contribution in [0, 0.1) is 5.92 Å². The van der Waals surface area contributed by atoms with Gasteiger partial charge >= 0.3 is 0 Å². The predicted octanol–water partition coefficient (Wildman–Crippen LogP) is 6.36. The van der Waals surface area contributed by atoms with E-state index in [1.165, 1.54) is 0 Å². The normalized spacial score (nSPS) is 13.9. The van der Waals surface area contributed by atoms with Crippen molar-refractivity contribution in [3.8, 4) is 33.6 Å². The zero-order valence-corrected chi connectivity index (χ0v) is 20.6. The van der Waals surface area contributed by atoms with Crippen molar-refractivity contribution in [1.82, 2.24) is 30.1 Å². The second-order valence-electron chi connectivity index (χ2n) is 9.81. The fourth-order valence-electron chi connectivity index (χ4n) is 5.43. The van der Waals surface area contributed by atoms with E-state index in [1.54, 1.807) is 18.6 Å². The van der Waals surface area contributed by atoms with Crippen LogP contribution in [0.25, 0.3) is 55.6 Å². The molecule has 0 aliphatic heterocycles. The van der Waals surface area contributed by atoms with Gasteiger partial charge in [0.15, 0.2) is 0 Å². The van der Waals surface area contributed by atoms with Crippen LogP contribution in [0.5, 0.6) is 0 Å². The first kappa shape index (κ1) is 22.4. The molecule has 1 saturated carbocycles. The molecule has 7 rings (SSSR count). The van der Waals surface area contributed by atoms with Crippen LogP contribution in [0.1, 0.15) is 25.7 Å². The molecular weight excluding hydrogens is 474 g/mol. The van der Waals surface area contributed by atoms with Crippen molar-refractivity contribution in [2.45, 2.75) is 25.7 Å². The SMILES string of the molecule is O=C(Nc1cncc(-c2ccc3[nH]nc(-c4cc5c(-c6cccnc6)ccnc5[nH]4)c3c2)c1)C1CCCC1. The monoisotopic (exact) mass is 499 g/mol. The van der Waals surface area contributed by atoms with Gasteiger partial charge in [-0.15, -0.1) is 0 Å². The molecule has 1 aliphatic rings. The largest absolute Gasteiger partial charge is 0.338 e. The summed E-state index contributed by atoms with van der Waals surface area (Å²) in [7, 11) is 0. The Morgan fingerprint density at radius 2 is 1.76 bits per heavy atom. The van der Waals surface area contributed by atoms with Gasteiger partial charge in [0.2, 0.25) is 5.91 Å². The summed E-state index contributed by atoms with van der Waals surface area (Å²) in [6.07, 6.45) is 13.1. The lowest BCUT2D eigenvalue weighted by molar-refractivity contribution is -0.119. The van der Waals surface area contributed by atoms with Crippen LogP contribution < -0.4 is 5.32 Å². The van der Waals surface area contributed by atoms with Crippen molar-refractivity contribution in [2.75, 3.05) is 5.32 Å². The third kappa shape index (κ3) is 4.00. The molecule has 1 aliphatic carbocycles. The fraction of sp³-hybridized carbons (Fsp3) is 0.167. The number of carbonyl (C=O) groups is 1. The Labute approximate surface area is 218 Å². The average Bonchev–Trinajstić information content (AvgIpc) is 3.73. The Kier molecular flexibility index (Phi) is 5.43. The van der Waals surface area contributed by atoms with Gasteiger partial charge in [0.05, 0.1) is 23.1 Å². The van der Waals surface area contributed by atoms with Crippen molar-refractivity contribution in [1.29, 1.82) is 0 Å². The summed E-state index contributed by atoms with van der Waals surface area (Å²) in [5.74, 6) is 0.195. The number of nitrogens with one attached hydrogen (secondary N) is 3. The Hall–Kier alpha value is -4.85. The molecule has 8 heteroatoms. The molecule has 0 unspecified atom stereocenters. The number of anilines is 1. The summed E-state index contributed by atoms with van der Waals surface area (Å²) in [5, 5.41) is 12.8. The highest BCUT2D eigenvalue weighted by molar-refractivity contribution is 6.01. The number of benzene rings is 1. The van der Waals surface area contributed by atoms with Gasteiger partial charge in [-0.3, -0.25) is 19.9 Å². The second kappa shape index (κ2) is 9.23. The Morgan fingerprint density at radius 1 is 0.868 bits per heavy atom. The van der Waals surface area contributed by atoms with Crippen LogP contribution in [0.4, 0.5) is 5.69 Å². The molecule has 6 aromatic rings. The van der Waals surface area contributed by atoms with E-state index in [0.717, 1.165) is 86.9 Å². The predicted molar refractivity (Wildman–Crippen MR) is 148 cm³/mol. The number of carbonyl (C=O) groups excluding carboxylic acids is 1. The minimum atomic E-state index is 0.0899. The molecule has 5 aromatic heterocycles. The maximum absolute atomic E-state index is 12.6. The van der Waals surface area contributed by atoms with Crippen molar-refractivity contribution in [3.05, 3.63) is 79.5 Å². The van der Waals surface area contributed by atoms with Crippen LogP contribution in [0.3, 0.4) is 0 Å². The first-order chi connectivity index (χ1) is 18.7. The molecule has 1 fully saturated rings. The van der Waals surface area contributed by atoms with Crippen molar-refractivity contribution < 1.29 is 4.79 Å². The number of H-pyrrole nitrogens is 2. The molecule has 0 atom stereocenters. The third-order valence-corrected chi connectivity index (χ3v) is 7.39. The molecule has 1 aromatic carbocycles. The first-order valence-corrected chi connectivity index (χ1v) is 12.9. The van der Waals surface area contributed by atoms with E-state index in [4.69, 9.17) is 0 Å². The van der Waals surface area contributed by atoms with E-state index in [0.29, 0.717) is 0 Å². The third-order valence-electron chi connectivity index (χ3n) is 7.39. The quantitative estimate of drug-likeness (QED) is 0.256. The van der Waals surface area contributed by atoms with E-state index in [1.807, 2.05) is 48.8 Å². The van der Waals surface area contributed by atoms with Crippen LogP contribution >= 0.6 is 0 Å². The molecule has 1 amide bonds. The maximum Gasteiger partial charge on any atom is 0.227 e. The Bertz CT molecular complexity index is 1780. The number of fused-ring (bicyclic) bond motifs is 2.